The van der Waals surface area contributed by atoms with Crippen LogP contribution in [-0.4, -0.2) is 17.2 Å². The minimum absolute atomic E-state index is 0.0420. The number of hydrogen-bond acceptors (Lipinski definition) is 2. The maximum absolute atomic E-state index is 13.7. The number of halogens is 1. The Hall–Kier alpha value is -0.865. The molecule has 0 spiro atoms. The molecule has 0 unspecified atom stereocenters. The maximum atomic E-state index is 13.7. The van der Waals surface area contributed by atoms with Gasteiger partial charge in [0.15, 0.2) is 0 Å². The van der Waals surface area contributed by atoms with E-state index in [2.05, 4.69) is 13.8 Å². The summed E-state index contributed by atoms with van der Waals surface area (Å²) in [6.07, 6.45) is 4.61. The first-order valence-electron chi connectivity index (χ1n) is 7.14. The van der Waals surface area contributed by atoms with Crippen LogP contribution in [-0.2, 0) is 0 Å². The molecule has 4 heteroatoms. The SMILES string of the molecule is CC(C)C1CCC(c2ccc(B(O)O)c(F)c2)CC1. The van der Waals surface area contributed by atoms with E-state index >= 15 is 0 Å². The first-order valence-corrected chi connectivity index (χ1v) is 7.14. The quantitative estimate of drug-likeness (QED) is 0.823. The van der Waals surface area contributed by atoms with Crippen LogP contribution in [0.1, 0.15) is 51.0 Å². The smallest absolute Gasteiger partial charge is 0.423 e. The lowest BCUT2D eigenvalue weighted by atomic mass is 9.73. The Labute approximate surface area is 114 Å². The van der Waals surface area contributed by atoms with Crippen molar-refractivity contribution in [2.75, 3.05) is 0 Å². The fourth-order valence-electron chi connectivity index (χ4n) is 3.13. The summed E-state index contributed by atoms with van der Waals surface area (Å²) < 4.78 is 13.7. The Morgan fingerprint density at radius 1 is 1.16 bits per heavy atom. The molecule has 1 aromatic rings. The molecule has 2 rings (SSSR count). The Balaban J connectivity index is 2.06. The summed E-state index contributed by atoms with van der Waals surface area (Å²) in [5.41, 5.74) is 0.948. The summed E-state index contributed by atoms with van der Waals surface area (Å²) in [6, 6.07) is 4.79. The summed E-state index contributed by atoms with van der Waals surface area (Å²) in [5, 5.41) is 18.0. The lowest BCUT2D eigenvalue weighted by Crippen LogP contribution is -2.32. The van der Waals surface area contributed by atoms with Crippen LogP contribution in [0.5, 0.6) is 0 Å². The molecule has 2 N–H and O–H groups in total. The van der Waals surface area contributed by atoms with Gasteiger partial charge in [-0.2, -0.15) is 0 Å². The zero-order valence-corrected chi connectivity index (χ0v) is 11.6. The standard InChI is InChI=1S/C15H22BFO2/c1-10(2)11-3-5-12(6-4-11)13-7-8-14(16(18)19)15(17)9-13/h7-12,18-19H,3-6H2,1-2H3. The van der Waals surface area contributed by atoms with E-state index in [1.807, 2.05) is 6.07 Å². The van der Waals surface area contributed by atoms with E-state index in [0.717, 1.165) is 30.2 Å². The molecule has 0 aromatic heterocycles. The van der Waals surface area contributed by atoms with E-state index in [1.165, 1.54) is 25.0 Å². The predicted molar refractivity (Wildman–Crippen MR) is 75.8 cm³/mol. The third kappa shape index (κ3) is 3.37. The molecule has 1 fully saturated rings. The molecule has 0 heterocycles. The van der Waals surface area contributed by atoms with Crippen molar-refractivity contribution in [3.63, 3.8) is 0 Å². The molecule has 0 aliphatic heterocycles. The summed E-state index contributed by atoms with van der Waals surface area (Å²) in [7, 11) is -1.73. The lowest BCUT2D eigenvalue weighted by molar-refractivity contribution is 0.258. The summed E-state index contributed by atoms with van der Waals surface area (Å²) >= 11 is 0. The highest BCUT2D eigenvalue weighted by atomic mass is 19.1. The van der Waals surface area contributed by atoms with Gasteiger partial charge in [-0.05, 0) is 55.1 Å². The molecular formula is C15H22BFO2. The Morgan fingerprint density at radius 3 is 2.26 bits per heavy atom. The van der Waals surface area contributed by atoms with Crippen molar-refractivity contribution in [3.05, 3.63) is 29.6 Å². The third-order valence-electron chi connectivity index (χ3n) is 4.49. The molecule has 0 bridgehead atoms. The van der Waals surface area contributed by atoms with E-state index in [0.29, 0.717) is 5.92 Å². The second-order valence-electron chi connectivity index (χ2n) is 6.01. The average Bonchev–Trinajstić information content (AvgIpc) is 2.38. The van der Waals surface area contributed by atoms with Gasteiger partial charge in [0.2, 0.25) is 0 Å². The normalized spacial score (nSPS) is 23.7. The second-order valence-corrected chi connectivity index (χ2v) is 6.01. The molecule has 1 aliphatic carbocycles. The molecule has 0 atom stereocenters. The van der Waals surface area contributed by atoms with Crippen molar-refractivity contribution >= 4 is 12.6 Å². The van der Waals surface area contributed by atoms with E-state index < -0.39 is 12.9 Å². The molecule has 0 radical (unpaired) electrons. The van der Waals surface area contributed by atoms with Crippen molar-refractivity contribution in [3.8, 4) is 0 Å². The fourth-order valence-corrected chi connectivity index (χ4v) is 3.13. The molecule has 1 aliphatic rings. The first kappa shape index (κ1) is 14.5. The van der Waals surface area contributed by atoms with Gasteiger partial charge in [-0.1, -0.05) is 26.0 Å². The van der Waals surface area contributed by atoms with Crippen molar-refractivity contribution in [2.24, 2.45) is 11.8 Å². The van der Waals surface area contributed by atoms with Gasteiger partial charge in [-0.3, -0.25) is 0 Å². The van der Waals surface area contributed by atoms with Crippen LogP contribution in [0, 0.1) is 17.7 Å². The molecule has 1 aromatic carbocycles. The van der Waals surface area contributed by atoms with Gasteiger partial charge < -0.3 is 10.0 Å². The van der Waals surface area contributed by atoms with E-state index in [1.54, 1.807) is 0 Å². The van der Waals surface area contributed by atoms with Crippen LogP contribution in [0.3, 0.4) is 0 Å². The molecule has 104 valence electrons. The van der Waals surface area contributed by atoms with Gasteiger partial charge in [0.1, 0.15) is 5.82 Å². The Kier molecular flexibility index (Phi) is 4.64. The van der Waals surface area contributed by atoms with Crippen LogP contribution in [0.2, 0.25) is 0 Å². The van der Waals surface area contributed by atoms with Crippen LogP contribution in [0.15, 0.2) is 18.2 Å². The van der Waals surface area contributed by atoms with Gasteiger partial charge in [-0.25, -0.2) is 4.39 Å². The second kappa shape index (κ2) is 6.06. The molecule has 2 nitrogen and oxygen atoms in total. The first-order chi connectivity index (χ1) is 8.99. The summed E-state index contributed by atoms with van der Waals surface area (Å²) in [4.78, 5) is 0. The maximum Gasteiger partial charge on any atom is 0.491 e. The molecule has 1 saturated carbocycles. The monoisotopic (exact) mass is 264 g/mol. The van der Waals surface area contributed by atoms with Gasteiger partial charge in [-0.15, -0.1) is 0 Å². The minimum atomic E-state index is -1.73. The number of benzene rings is 1. The largest absolute Gasteiger partial charge is 0.491 e. The lowest BCUT2D eigenvalue weighted by Gasteiger charge is -2.31. The summed E-state index contributed by atoms with van der Waals surface area (Å²) in [6.45, 7) is 4.53. The zero-order valence-electron chi connectivity index (χ0n) is 11.6. The van der Waals surface area contributed by atoms with Gasteiger partial charge >= 0.3 is 7.12 Å². The van der Waals surface area contributed by atoms with Gasteiger partial charge in [0.05, 0.1) is 0 Å². The topological polar surface area (TPSA) is 40.5 Å². The van der Waals surface area contributed by atoms with Crippen LogP contribution < -0.4 is 5.46 Å². The number of hydrogen-bond donors (Lipinski definition) is 2. The van der Waals surface area contributed by atoms with Crippen LogP contribution >= 0.6 is 0 Å². The highest BCUT2D eigenvalue weighted by molar-refractivity contribution is 6.58. The van der Waals surface area contributed by atoms with Gasteiger partial charge in [0, 0.05) is 5.46 Å². The molecule has 0 saturated heterocycles. The molecular weight excluding hydrogens is 242 g/mol. The highest BCUT2D eigenvalue weighted by Crippen LogP contribution is 2.38. The molecule has 19 heavy (non-hydrogen) atoms. The van der Waals surface area contributed by atoms with Gasteiger partial charge in [0.25, 0.3) is 0 Å². The third-order valence-corrected chi connectivity index (χ3v) is 4.49. The number of rotatable bonds is 3. The van der Waals surface area contributed by atoms with E-state index in [4.69, 9.17) is 10.0 Å². The van der Waals surface area contributed by atoms with Crippen molar-refractivity contribution < 1.29 is 14.4 Å². The fraction of sp³-hybridized carbons (Fsp3) is 0.600. The Morgan fingerprint density at radius 2 is 1.79 bits per heavy atom. The minimum Gasteiger partial charge on any atom is -0.423 e. The van der Waals surface area contributed by atoms with Crippen molar-refractivity contribution in [2.45, 2.75) is 45.4 Å². The molecule has 0 amide bonds. The summed E-state index contributed by atoms with van der Waals surface area (Å²) in [5.74, 6) is 1.41. The average molecular weight is 264 g/mol. The predicted octanol–water partition coefficient (Wildman–Crippen LogP) is 2.44. The van der Waals surface area contributed by atoms with E-state index in [-0.39, 0.29) is 5.46 Å². The van der Waals surface area contributed by atoms with Crippen molar-refractivity contribution in [1.29, 1.82) is 0 Å². The van der Waals surface area contributed by atoms with Crippen molar-refractivity contribution in [1.82, 2.24) is 0 Å². The Bertz CT molecular complexity index is 426. The zero-order chi connectivity index (χ0) is 14.0. The van der Waals surface area contributed by atoms with E-state index in [9.17, 15) is 4.39 Å². The highest BCUT2D eigenvalue weighted by Gasteiger charge is 2.25. The van der Waals surface area contributed by atoms with Crippen LogP contribution in [0.25, 0.3) is 0 Å². The van der Waals surface area contributed by atoms with Crippen LogP contribution in [0.4, 0.5) is 4.39 Å².